The molecule has 1 unspecified atom stereocenters. The van der Waals surface area contributed by atoms with Gasteiger partial charge in [0.1, 0.15) is 5.75 Å². The largest absolute Gasteiger partial charge is 0.495 e. The lowest BCUT2D eigenvalue weighted by molar-refractivity contribution is -0.117. The molecule has 1 aliphatic heterocycles. The van der Waals surface area contributed by atoms with Gasteiger partial charge in [0, 0.05) is 36.8 Å². The monoisotopic (exact) mass is 350 g/mol. The first kappa shape index (κ1) is 16.3. The molecule has 1 aliphatic rings. The number of aryl methyl sites for hydroxylation is 1. The maximum Gasteiger partial charge on any atom is 0.258 e. The van der Waals surface area contributed by atoms with Crippen LogP contribution < -0.4 is 9.64 Å². The zero-order valence-corrected chi connectivity index (χ0v) is 14.5. The molecule has 1 atom stereocenters. The van der Waals surface area contributed by atoms with E-state index in [1.165, 1.54) is 0 Å². The van der Waals surface area contributed by atoms with Crippen molar-refractivity contribution in [3.63, 3.8) is 0 Å². The molecule has 0 bridgehead atoms. The first-order valence-corrected chi connectivity index (χ1v) is 8.34. The van der Waals surface area contributed by atoms with E-state index in [9.17, 15) is 4.79 Å². The van der Waals surface area contributed by atoms with Gasteiger partial charge in [-0.1, -0.05) is 11.2 Å². The first-order chi connectivity index (χ1) is 12.7. The molecule has 0 N–H and O–H groups in total. The number of aromatic nitrogens is 3. The molecule has 1 aromatic carbocycles. The quantitative estimate of drug-likeness (QED) is 0.719. The van der Waals surface area contributed by atoms with Crippen LogP contribution in [0.5, 0.6) is 5.75 Å². The molecule has 3 aromatic rings. The molecule has 0 saturated carbocycles. The van der Waals surface area contributed by atoms with Crippen molar-refractivity contribution in [1.29, 1.82) is 0 Å². The molecular formula is C19H18N4O3. The molecule has 7 heteroatoms. The predicted octanol–water partition coefficient (Wildman–Crippen LogP) is 2.97. The SMILES string of the molecule is COc1ccc(C)cc1N1CC(c2noc(-c3ccncc3)n2)CC1=O. The average Bonchev–Trinajstić information content (AvgIpc) is 3.29. The van der Waals surface area contributed by atoms with E-state index in [2.05, 4.69) is 15.1 Å². The Labute approximate surface area is 150 Å². The van der Waals surface area contributed by atoms with E-state index in [1.807, 2.05) is 25.1 Å². The standard InChI is InChI=1S/C19H18N4O3/c1-12-3-4-16(25-2)15(9-12)23-11-14(10-17(23)24)18-21-19(26-22-18)13-5-7-20-8-6-13/h3-9,14H,10-11H2,1-2H3. The number of anilines is 1. The second kappa shape index (κ2) is 6.59. The number of rotatable bonds is 4. The van der Waals surface area contributed by atoms with Gasteiger partial charge in [-0.2, -0.15) is 4.98 Å². The van der Waals surface area contributed by atoms with E-state index >= 15 is 0 Å². The Morgan fingerprint density at radius 3 is 2.81 bits per heavy atom. The third kappa shape index (κ3) is 2.92. The Morgan fingerprint density at radius 1 is 1.23 bits per heavy atom. The van der Waals surface area contributed by atoms with Gasteiger partial charge in [-0.15, -0.1) is 0 Å². The van der Waals surface area contributed by atoms with Gasteiger partial charge in [0.25, 0.3) is 5.89 Å². The fraction of sp³-hybridized carbons (Fsp3) is 0.263. The predicted molar refractivity (Wildman–Crippen MR) is 95.0 cm³/mol. The van der Waals surface area contributed by atoms with Gasteiger partial charge in [-0.05, 0) is 36.8 Å². The van der Waals surface area contributed by atoms with E-state index in [0.717, 1.165) is 16.8 Å². The van der Waals surface area contributed by atoms with Crippen molar-refractivity contribution in [1.82, 2.24) is 15.1 Å². The Morgan fingerprint density at radius 2 is 2.04 bits per heavy atom. The number of benzene rings is 1. The molecule has 2 aromatic heterocycles. The summed E-state index contributed by atoms with van der Waals surface area (Å²) >= 11 is 0. The summed E-state index contributed by atoms with van der Waals surface area (Å²) in [6.45, 7) is 2.48. The number of hydrogen-bond acceptors (Lipinski definition) is 6. The molecule has 26 heavy (non-hydrogen) atoms. The van der Waals surface area contributed by atoms with Gasteiger partial charge in [-0.3, -0.25) is 9.78 Å². The van der Waals surface area contributed by atoms with E-state index < -0.39 is 0 Å². The molecule has 0 radical (unpaired) electrons. The molecule has 1 amide bonds. The molecule has 4 rings (SSSR count). The van der Waals surface area contributed by atoms with Crippen LogP contribution in [0.2, 0.25) is 0 Å². The minimum absolute atomic E-state index is 0.0224. The highest BCUT2D eigenvalue weighted by atomic mass is 16.5. The third-order valence-electron chi connectivity index (χ3n) is 4.48. The molecule has 3 heterocycles. The van der Waals surface area contributed by atoms with Gasteiger partial charge in [0.15, 0.2) is 5.82 Å². The van der Waals surface area contributed by atoms with E-state index in [4.69, 9.17) is 9.26 Å². The number of hydrogen-bond donors (Lipinski definition) is 0. The lowest BCUT2D eigenvalue weighted by Gasteiger charge is -2.19. The van der Waals surface area contributed by atoms with E-state index in [-0.39, 0.29) is 11.8 Å². The fourth-order valence-corrected chi connectivity index (χ4v) is 3.14. The fourth-order valence-electron chi connectivity index (χ4n) is 3.14. The van der Waals surface area contributed by atoms with Gasteiger partial charge >= 0.3 is 0 Å². The highest BCUT2D eigenvalue weighted by Crippen LogP contribution is 2.36. The Kier molecular flexibility index (Phi) is 4.12. The van der Waals surface area contributed by atoms with Gasteiger partial charge in [0.2, 0.25) is 5.91 Å². The molecule has 0 spiro atoms. The Bertz CT molecular complexity index is 939. The molecule has 1 saturated heterocycles. The van der Waals surface area contributed by atoms with Crippen LogP contribution in [0.15, 0.2) is 47.2 Å². The number of carbonyl (C=O) groups is 1. The number of ether oxygens (including phenoxy) is 1. The zero-order valence-electron chi connectivity index (χ0n) is 14.5. The number of amides is 1. The van der Waals surface area contributed by atoms with Gasteiger partial charge in [-0.25, -0.2) is 0 Å². The van der Waals surface area contributed by atoms with E-state index in [0.29, 0.717) is 30.4 Å². The van der Waals surface area contributed by atoms with Gasteiger partial charge < -0.3 is 14.2 Å². The van der Waals surface area contributed by atoms with Crippen LogP contribution in [-0.2, 0) is 4.79 Å². The van der Waals surface area contributed by atoms with Crippen LogP contribution in [-0.4, -0.2) is 34.7 Å². The van der Waals surface area contributed by atoms with Crippen LogP contribution in [0.1, 0.15) is 23.7 Å². The highest BCUT2D eigenvalue weighted by molar-refractivity contribution is 5.97. The van der Waals surface area contributed by atoms with E-state index in [1.54, 1.807) is 36.5 Å². The van der Waals surface area contributed by atoms with Crippen molar-refractivity contribution in [2.45, 2.75) is 19.3 Å². The number of methoxy groups -OCH3 is 1. The number of pyridine rings is 1. The second-order valence-corrected chi connectivity index (χ2v) is 6.27. The summed E-state index contributed by atoms with van der Waals surface area (Å²) < 4.78 is 10.8. The van der Waals surface area contributed by atoms with Crippen molar-refractivity contribution in [2.24, 2.45) is 0 Å². The minimum Gasteiger partial charge on any atom is -0.495 e. The van der Waals surface area contributed by atoms with Crippen molar-refractivity contribution >= 4 is 11.6 Å². The summed E-state index contributed by atoms with van der Waals surface area (Å²) in [5, 5.41) is 4.08. The number of carbonyl (C=O) groups excluding carboxylic acids is 1. The summed E-state index contributed by atoms with van der Waals surface area (Å²) in [7, 11) is 1.60. The molecule has 7 nitrogen and oxygen atoms in total. The maximum absolute atomic E-state index is 12.6. The Balaban J connectivity index is 1.59. The summed E-state index contributed by atoms with van der Waals surface area (Å²) in [6.07, 6.45) is 3.68. The lowest BCUT2D eigenvalue weighted by Crippen LogP contribution is -2.25. The first-order valence-electron chi connectivity index (χ1n) is 8.34. The van der Waals surface area contributed by atoms with Crippen LogP contribution in [0, 0.1) is 6.92 Å². The maximum atomic E-state index is 12.6. The molecule has 132 valence electrons. The summed E-state index contributed by atoms with van der Waals surface area (Å²) in [6, 6.07) is 9.40. The average molecular weight is 350 g/mol. The van der Waals surface area contributed by atoms with Crippen LogP contribution >= 0.6 is 0 Å². The van der Waals surface area contributed by atoms with Crippen LogP contribution in [0.4, 0.5) is 5.69 Å². The van der Waals surface area contributed by atoms with Crippen LogP contribution in [0.25, 0.3) is 11.5 Å². The highest BCUT2D eigenvalue weighted by Gasteiger charge is 2.35. The smallest absolute Gasteiger partial charge is 0.258 e. The zero-order chi connectivity index (χ0) is 18.1. The number of nitrogens with zero attached hydrogens (tertiary/aromatic N) is 4. The summed E-state index contributed by atoms with van der Waals surface area (Å²) in [4.78, 5) is 22.8. The lowest BCUT2D eigenvalue weighted by atomic mass is 10.1. The summed E-state index contributed by atoms with van der Waals surface area (Å²) in [5.41, 5.74) is 2.65. The third-order valence-corrected chi connectivity index (χ3v) is 4.48. The van der Waals surface area contributed by atoms with Crippen molar-refractivity contribution in [3.05, 3.63) is 54.1 Å². The normalized spacial score (nSPS) is 16.9. The molecule has 1 fully saturated rings. The van der Waals surface area contributed by atoms with Crippen LogP contribution in [0.3, 0.4) is 0 Å². The molecule has 0 aliphatic carbocycles. The van der Waals surface area contributed by atoms with Crippen molar-refractivity contribution < 1.29 is 14.1 Å². The topological polar surface area (TPSA) is 81.3 Å². The minimum atomic E-state index is -0.118. The second-order valence-electron chi connectivity index (χ2n) is 6.27. The van der Waals surface area contributed by atoms with Crippen molar-refractivity contribution in [2.75, 3.05) is 18.6 Å². The van der Waals surface area contributed by atoms with Crippen molar-refractivity contribution in [3.8, 4) is 17.2 Å². The van der Waals surface area contributed by atoms with Gasteiger partial charge in [0.05, 0.1) is 12.8 Å². The summed E-state index contributed by atoms with van der Waals surface area (Å²) in [5.74, 6) is 1.55. The Hall–Kier alpha value is -3.22. The molecular weight excluding hydrogens is 332 g/mol.